The second-order valence-electron chi connectivity index (χ2n) is 2.53. The Hall–Kier alpha value is -0.520. The normalized spacial score (nSPS) is 15.8. The van der Waals surface area contributed by atoms with Crippen molar-refractivity contribution in [1.29, 1.82) is 0 Å². The van der Waals surface area contributed by atoms with Crippen molar-refractivity contribution >= 4 is 0 Å². The van der Waals surface area contributed by atoms with Crippen molar-refractivity contribution in [1.82, 2.24) is 0 Å². The highest BCUT2D eigenvalue weighted by molar-refractivity contribution is 4.90. The zero-order valence-electron chi connectivity index (χ0n) is 6.38. The van der Waals surface area contributed by atoms with Crippen LogP contribution in [0.15, 0.2) is 0 Å². The van der Waals surface area contributed by atoms with Crippen molar-refractivity contribution in [3.8, 4) is 12.3 Å². The predicted molar refractivity (Wildman–Crippen MR) is 42.3 cm³/mol. The van der Waals surface area contributed by atoms with Gasteiger partial charge in [-0.3, -0.25) is 0 Å². The highest BCUT2D eigenvalue weighted by Crippen LogP contribution is 2.05. The van der Waals surface area contributed by atoms with E-state index in [9.17, 15) is 0 Å². The van der Waals surface area contributed by atoms with E-state index in [1.165, 1.54) is 0 Å². The quantitative estimate of drug-likeness (QED) is 0.555. The Kier molecular flexibility index (Phi) is 5.00. The third-order valence-corrected chi connectivity index (χ3v) is 1.49. The molecule has 10 heavy (non-hydrogen) atoms. The number of terminal acetylenes is 1. The molecule has 2 atom stereocenters. The molecule has 0 rings (SSSR count). The minimum Gasteiger partial charge on any atom is -0.392 e. The van der Waals surface area contributed by atoms with Crippen LogP contribution >= 0.6 is 0 Å². The van der Waals surface area contributed by atoms with Crippen LogP contribution in [0.25, 0.3) is 0 Å². The SMILES string of the molecule is C#CC(C)CCC(O)CN. The number of hydrogen-bond acceptors (Lipinski definition) is 2. The molecule has 2 heteroatoms. The first kappa shape index (κ1) is 9.48. The molecule has 0 aliphatic heterocycles. The summed E-state index contributed by atoms with van der Waals surface area (Å²) in [6.45, 7) is 2.29. The van der Waals surface area contributed by atoms with E-state index < -0.39 is 0 Å². The first-order valence-corrected chi connectivity index (χ1v) is 3.55. The Balaban J connectivity index is 3.28. The van der Waals surface area contributed by atoms with Crippen LogP contribution in [0.4, 0.5) is 0 Å². The van der Waals surface area contributed by atoms with Crippen LogP contribution in [0.1, 0.15) is 19.8 Å². The van der Waals surface area contributed by atoms with Crippen LogP contribution in [0.5, 0.6) is 0 Å². The predicted octanol–water partition coefficient (Wildman–Crippen LogP) is 0.356. The molecule has 2 nitrogen and oxygen atoms in total. The average Bonchev–Trinajstić information content (AvgIpc) is 1.99. The van der Waals surface area contributed by atoms with Gasteiger partial charge in [-0.1, -0.05) is 6.92 Å². The Morgan fingerprint density at radius 2 is 2.20 bits per heavy atom. The summed E-state index contributed by atoms with van der Waals surface area (Å²) in [4.78, 5) is 0. The Morgan fingerprint density at radius 3 is 2.60 bits per heavy atom. The number of hydrogen-bond donors (Lipinski definition) is 2. The molecule has 0 saturated carbocycles. The van der Waals surface area contributed by atoms with Crippen LogP contribution in [0.3, 0.4) is 0 Å². The number of aliphatic hydroxyl groups is 1. The fourth-order valence-electron chi connectivity index (χ4n) is 0.644. The summed E-state index contributed by atoms with van der Waals surface area (Å²) >= 11 is 0. The molecule has 0 amide bonds. The van der Waals surface area contributed by atoms with Gasteiger partial charge in [0.1, 0.15) is 0 Å². The molecule has 0 fully saturated rings. The van der Waals surface area contributed by atoms with Gasteiger partial charge in [-0.25, -0.2) is 0 Å². The van der Waals surface area contributed by atoms with Gasteiger partial charge in [0.2, 0.25) is 0 Å². The lowest BCUT2D eigenvalue weighted by atomic mass is 10.0. The molecule has 0 aromatic carbocycles. The lowest BCUT2D eigenvalue weighted by Crippen LogP contribution is -2.19. The van der Waals surface area contributed by atoms with Crippen LogP contribution in [0, 0.1) is 18.3 Å². The lowest BCUT2D eigenvalue weighted by Gasteiger charge is -2.07. The zero-order chi connectivity index (χ0) is 7.98. The van der Waals surface area contributed by atoms with Gasteiger partial charge in [-0.2, -0.15) is 0 Å². The molecule has 0 aromatic heterocycles. The lowest BCUT2D eigenvalue weighted by molar-refractivity contribution is 0.166. The third kappa shape index (κ3) is 4.37. The molecular formula is C8H15NO. The summed E-state index contributed by atoms with van der Waals surface area (Å²) in [5.74, 6) is 2.84. The summed E-state index contributed by atoms with van der Waals surface area (Å²) < 4.78 is 0. The molecule has 0 bridgehead atoms. The van der Waals surface area contributed by atoms with E-state index in [-0.39, 0.29) is 12.0 Å². The van der Waals surface area contributed by atoms with E-state index >= 15 is 0 Å². The van der Waals surface area contributed by atoms with Crippen molar-refractivity contribution in [2.75, 3.05) is 6.54 Å². The maximum Gasteiger partial charge on any atom is 0.0662 e. The van der Waals surface area contributed by atoms with Gasteiger partial charge in [0, 0.05) is 12.5 Å². The molecule has 0 heterocycles. The molecule has 3 N–H and O–H groups in total. The molecular weight excluding hydrogens is 126 g/mol. The molecule has 0 aromatic rings. The van der Waals surface area contributed by atoms with Gasteiger partial charge < -0.3 is 10.8 Å². The fraction of sp³-hybridized carbons (Fsp3) is 0.750. The van der Waals surface area contributed by atoms with Crippen LogP contribution in [-0.4, -0.2) is 17.8 Å². The number of rotatable bonds is 4. The summed E-state index contributed by atoms with van der Waals surface area (Å²) in [5.41, 5.74) is 5.20. The highest BCUT2D eigenvalue weighted by atomic mass is 16.3. The Bertz CT molecular complexity index is 117. The largest absolute Gasteiger partial charge is 0.392 e. The molecule has 2 unspecified atom stereocenters. The fourth-order valence-corrected chi connectivity index (χ4v) is 0.644. The minimum atomic E-state index is -0.379. The number of aliphatic hydroxyl groups excluding tert-OH is 1. The van der Waals surface area contributed by atoms with Crippen molar-refractivity contribution in [3.05, 3.63) is 0 Å². The molecule has 0 saturated heterocycles. The summed E-state index contributed by atoms with van der Waals surface area (Å²) in [7, 11) is 0. The third-order valence-electron chi connectivity index (χ3n) is 1.49. The number of nitrogens with two attached hydrogens (primary N) is 1. The molecule has 0 spiro atoms. The van der Waals surface area contributed by atoms with Crippen LogP contribution in [-0.2, 0) is 0 Å². The molecule has 0 radical (unpaired) electrons. The molecule has 0 aliphatic carbocycles. The van der Waals surface area contributed by atoms with Crippen LogP contribution in [0.2, 0.25) is 0 Å². The van der Waals surface area contributed by atoms with Crippen molar-refractivity contribution in [2.45, 2.75) is 25.9 Å². The van der Waals surface area contributed by atoms with E-state index in [2.05, 4.69) is 5.92 Å². The molecule has 0 aliphatic rings. The summed E-state index contributed by atoms with van der Waals surface area (Å²) in [6, 6.07) is 0. The van der Waals surface area contributed by atoms with E-state index in [0.29, 0.717) is 13.0 Å². The zero-order valence-corrected chi connectivity index (χ0v) is 6.38. The van der Waals surface area contributed by atoms with Crippen molar-refractivity contribution in [2.24, 2.45) is 11.7 Å². The Morgan fingerprint density at radius 1 is 1.60 bits per heavy atom. The first-order valence-electron chi connectivity index (χ1n) is 3.55. The maximum atomic E-state index is 9.01. The van der Waals surface area contributed by atoms with E-state index in [1.54, 1.807) is 0 Å². The van der Waals surface area contributed by atoms with Gasteiger partial charge in [0.25, 0.3) is 0 Å². The van der Waals surface area contributed by atoms with Crippen molar-refractivity contribution in [3.63, 3.8) is 0 Å². The monoisotopic (exact) mass is 141 g/mol. The molecule has 58 valence electrons. The smallest absolute Gasteiger partial charge is 0.0662 e. The standard InChI is InChI=1S/C8H15NO/c1-3-7(2)4-5-8(10)6-9/h1,7-8,10H,4-6,9H2,2H3. The second kappa shape index (κ2) is 5.28. The summed E-state index contributed by atoms with van der Waals surface area (Å²) in [5, 5.41) is 9.01. The van der Waals surface area contributed by atoms with Gasteiger partial charge in [0.15, 0.2) is 0 Å². The van der Waals surface area contributed by atoms with Crippen LogP contribution < -0.4 is 5.73 Å². The van der Waals surface area contributed by atoms with Gasteiger partial charge >= 0.3 is 0 Å². The van der Waals surface area contributed by atoms with Gasteiger partial charge in [0.05, 0.1) is 6.10 Å². The van der Waals surface area contributed by atoms with E-state index in [4.69, 9.17) is 17.3 Å². The first-order chi connectivity index (χ1) is 4.70. The Labute approximate surface area is 62.4 Å². The van der Waals surface area contributed by atoms with Gasteiger partial charge in [-0.15, -0.1) is 12.3 Å². The topological polar surface area (TPSA) is 46.2 Å². The van der Waals surface area contributed by atoms with E-state index in [1.807, 2.05) is 6.92 Å². The second-order valence-corrected chi connectivity index (χ2v) is 2.53. The highest BCUT2D eigenvalue weighted by Gasteiger charge is 2.02. The summed E-state index contributed by atoms with van der Waals surface area (Å²) in [6.07, 6.45) is 6.32. The minimum absolute atomic E-state index is 0.251. The maximum absolute atomic E-state index is 9.01. The van der Waals surface area contributed by atoms with E-state index in [0.717, 1.165) is 6.42 Å². The van der Waals surface area contributed by atoms with Crippen molar-refractivity contribution < 1.29 is 5.11 Å². The average molecular weight is 141 g/mol. The van der Waals surface area contributed by atoms with Gasteiger partial charge in [-0.05, 0) is 12.8 Å².